The van der Waals surface area contributed by atoms with Crippen LogP contribution in [0.1, 0.15) is 53.0 Å². The normalized spacial score (nSPS) is 18.6. The average molecular weight is 430 g/mol. The van der Waals surface area contributed by atoms with Crippen molar-refractivity contribution in [2.45, 2.75) is 58.3 Å². The highest BCUT2D eigenvalue weighted by molar-refractivity contribution is 5.77. The van der Waals surface area contributed by atoms with Crippen LogP contribution in [0.15, 0.2) is 18.3 Å². The summed E-state index contributed by atoms with van der Waals surface area (Å²) in [6, 6.07) is 2.45. The third-order valence-corrected chi connectivity index (χ3v) is 6.83. The van der Waals surface area contributed by atoms with Crippen LogP contribution in [0.5, 0.6) is 0 Å². The molecule has 2 aliphatic heterocycles. The van der Waals surface area contributed by atoms with Crippen LogP contribution in [0.3, 0.4) is 0 Å². The molecule has 8 heteroatoms. The van der Waals surface area contributed by atoms with E-state index in [9.17, 15) is 18.0 Å². The van der Waals surface area contributed by atoms with Gasteiger partial charge in [0.15, 0.2) is 0 Å². The Morgan fingerprint density at radius 2 is 1.87 bits per heavy atom. The van der Waals surface area contributed by atoms with Crippen molar-refractivity contribution in [2.24, 2.45) is 5.92 Å². The van der Waals surface area contributed by atoms with E-state index in [2.05, 4.69) is 11.9 Å². The van der Waals surface area contributed by atoms with Crippen molar-refractivity contribution in [3.05, 3.63) is 52.1 Å². The minimum atomic E-state index is -4.43. The maximum Gasteiger partial charge on any atom is 0.433 e. The summed E-state index contributed by atoms with van der Waals surface area (Å²) in [5.41, 5.74) is 5.98. The molecule has 1 aliphatic carbocycles. The largest absolute Gasteiger partial charge is 0.433 e. The molecule has 1 saturated heterocycles. The molecule has 0 atom stereocenters. The number of amides is 1. The van der Waals surface area contributed by atoms with Crippen LogP contribution in [-0.2, 0) is 36.9 Å². The number of rotatable bonds is 3. The lowest BCUT2D eigenvalue weighted by atomic mass is 9.90. The Labute approximate surface area is 179 Å². The van der Waals surface area contributed by atoms with E-state index in [0.717, 1.165) is 24.6 Å². The first kappa shape index (κ1) is 20.3. The Morgan fingerprint density at radius 3 is 2.58 bits per heavy atom. The fourth-order valence-corrected chi connectivity index (χ4v) is 5.02. The van der Waals surface area contributed by atoms with E-state index in [1.54, 1.807) is 0 Å². The van der Waals surface area contributed by atoms with Gasteiger partial charge < -0.3 is 9.80 Å². The van der Waals surface area contributed by atoms with Gasteiger partial charge in [0, 0.05) is 37.7 Å². The Hall–Kier alpha value is -2.64. The smallest absolute Gasteiger partial charge is 0.370 e. The third-order valence-electron chi connectivity index (χ3n) is 6.83. The first-order valence-electron chi connectivity index (χ1n) is 10.9. The zero-order valence-electron chi connectivity index (χ0n) is 17.5. The van der Waals surface area contributed by atoms with Gasteiger partial charge in [0.25, 0.3) is 0 Å². The fourth-order valence-electron chi connectivity index (χ4n) is 5.02. The van der Waals surface area contributed by atoms with Gasteiger partial charge in [0.1, 0.15) is 5.69 Å². The van der Waals surface area contributed by atoms with Crippen molar-refractivity contribution in [3.63, 3.8) is 0 Å². The van der Waals surface area contributed by atoms with Gasteiger partial charge in [-0.15, -0.1) is 0 Å². The number of halogens is 3. The van der Waals surface area contributed by atoms with E-state index in [1.807, 2.05) is 9.80 Å². The van der Waals surface area contributed by atoms with E-state index in [-0.39, 0.29) is 11.8 Å². The molecule has 0 bridgehead atoms. The number of nitrogens with zero attached hydrogens (tertiary/aromatic N) is 4. The number of anilines is 1. The average Bonchev–Trinajstić information content (AvgIpc) is 3.14. The number of alkyl halides is 3. The lowest BCUT2D eigenvalue weighted by Crippen LogP contribution is -2.48. The number of fused-ring (bicyclic) bond motifs is 2. The molecule has 0 saturated carbocycles. The minimum absolute atomic E-state index is 0.130. The van der Waals surface area contributed by atoms with Gasteiger partial charge in [-0.1, -0.05) is 0 Å². The molecule has 0 unspecified atom stereocenters. The molecular formula is C23H25F3N4O. The quantitative estimate of drug-likeness (QED) is 0.737. The molecule has 31 heavy (non-hydrogen) atoms. The molecule has 164 valence electrons. The topological polar surface area (TPSA) is 49.3 Å². The zero-order chi connectivity index (χ0) is 21.8. The molecule has 5 rings (SSSR count). The van der Waals surface area contributed by atoms with Crippen LogP contribution in [0.2, 0.25) is 0 Å². The minimum Gasteiger partial charge on any atom is -0.370 e. The third kappa shape index (κ3) is 3.77. The van der Waals surface area contributed by atoms with Crippen LogP contribution in [0, 0.1) is 12.8 Å². The van der Waals surface area contributed by atoms with Gasteiger partial charge in [-0.05, 0) is 61.4 Å². The van der Waals surface area contributed by atoms with Gasteiger partial charge in [0.05, 0.1) is 24.1 Å². The summed E-state index contributed by atoms with van der Waals surface area (Å²) in [4.78, 5) is 25.2. The molecule has 1 amide bonds. The van der Waals surface area contributed by atoms with E-state index < -0.39 is 11.9 Å². The predicted octanol–water partition coefficient (Wildman–Crippen LogP) is 4.05. The van der Waals surface area contributed by atoms with Crippen molar-refractivity contribution in [1.29, 1.82) is 0 Å². The monoisotopic (exact) mass is 430 g/mol. The summed E-state index contributed by atoms with van der Waals surface area (Å²) >= 11 is 0. The summed E-state index contributed by atoms with van der Waals surface area (Å²) in [6.45, 7) is 4.71. The second kappa shape index (κ2) is 7.50. The van der Waals surface area contributed by atoms with Crippen molar-refractivity contribution < 1.29 is 18.0 Å². The van der Waals surface area contributed by atoms with Crippen LogP contribution >= 0.6 is 0 Å². The van der Waals surface area contributed by atoms with Gasteiger partial charge >= 0.3 is 6.18 Å². The predicted molar refractivity (Wildman–Crippen MR) is 109 cm³/mol. The summed E-state index contributed by atoms with van der Waals surface area (Å²) in [5, 5.41) is 0. The first-order chi connectivity index (χ1) is 14.8. The van der Waals surface area contributed by atoms with E-state index >= 15 is 0 Å². The Kier molecular flexibility index (Phi) is 4.90. The second-order valence-corrected chi connectivity index (χ2v) is 8.92. The van der Waals surface area contributed by atoms with Gasteiger partial charge in [-0.3, -0.25) is 9.78 Å². The number of aromatic nitrogens is 2. The summed E-state index contributed by atoms with van der Waals surface area (Å²) in [7, 11) is 0. The van der Waals surface area contributed by atoms with Crippen molar-refractivity contribution in [3.8, 4) is 0 Å². The molecule has 4 heterocycles. The summed E-state index contributed by atoms with van der Waals surface area (Å²) in [6.07, 6.45) is 1.81. The number of pyridine rings is 2. The molecule has 0 radical (unpaired) electrons. The molecule has 0 spiro atoms. The molecule has 3 aliphatic rings. The summed E-state index contributed by atoms with van der Waals surface area (Å²) < 4.78 is 38.0. The number of hydrogen-bond acceptors (Lipinski definition) is 4. The lowest BCUT2D eigenvalue weighted by Gasteiger charge is -2.41. The Balaban J connectivity index is 1.17. The molecule has 1 fully saturated rings. The van der Waals surface area contributed by atoms with E-state index in [0.29, 0.717) is 38.3 Å². The number of carbonyl (C=O) groups excluding carboxylic acids is 1. The molecule has 5 nitrogen and oxygen atoms in total. The van der Waals surface area contributed by atoms with Gasteiger partial charge in [0.2, 0.25) is 5.91 Å². The van der Waals surface area contributed by atoms with Gasteiger partial charge in [-0.25, -0.2) is 4.98 Å². The number of carbonyl (C=O) groups is 1. The van der Waals surface area contributed by atoms with Crippen LogP contribution in [0.25, 0.3) is 0 Å². The molecular weight excluding hydrogens is 405 g/mol. The first-order valence-corrected chi connectivity index (χ1v) is 10.9. The second-order valence-electron chi connectivity index (χ2n) is 8.92. The molecule has 2 aromatic rings. The van der Waals surface area contributed by atoms with Gasteiger partial charge in [-0.2, -0.15) is 13.2 Å². The van der Waals surface area contributed by atoms with Crippen LogP contribution in [0.4, 0.5) is 18.9 Å². The Bertz CT molecular complexity index is 1010. The maximum atomic E-state index is 12.9. The zero-order valence-corrected chi connectivity index (χ0v) is 17.5. The summed E-state index contributed by atoms with van der Waals surface area (Å²) in [5.74, 6) is 0.339. The standard InChI is InChI=1S/C23H25F3N4O/c1-14-17-4-2-3-5-19(17)28-20-13-30(12-18(14)20)22(31)8-15-10-29(11-15)16-6-7-21(27-9-16)23(24,25)26/h6-7,9,15H,2-5,8,10-13H2,1H3. The maximum absolute atomic E-state index is 12.9. The Morgan fingerprint density at radius 1 is 1.10 bits per heavy atom. The van der Waals surface area contributed by atoms with Crippen molar-refractivity contribution in [1.82, 2.24) is 14.9 Å². The van der Waals surface area contributed by atoms with E-state index in [1.165, 1.54) is 47.5 Å². The van der Waals surface area contributed by atoms with E-state index in [4.69, 9.17) is 4.98 Å². The van der Waals surface area contributed by atoms with Crippen LogP contribution in [-0.4, -0.2) is 33.9 Å². The molecule has 2 aromatic heterocycles. The highest BCUT2D eigenvalue weighted by Crippen LogP contribution is 2.34. The number of hydrogen-bond donors (Lipinski definition) is 0. The highest BCUT2D eigenvalue weighted by Gasteiger charge is 2.35. The molecule has 0 N–H and O–H groups in total. The number of aryl methyl sites for hydroxylation is 1. The van der Waals surface area contributed by atoms with Crippen LogP contribution < -0.4 is 4.90 Å². The fraction of sp³-hybridized carbons (Fsp3) is 0.522. The van der Waals surface area contributed by atoms with Crippen molar-refractivity contribution >= 4 is 11.6 Å². The lowest BCUT2D eigenvalue weighted by molar-refractivity contribution is -0.141. The SMILES string of the molecule is Cc1c2c(nc3c1CN(C(=O)CC1CN(c4ccc(C(F)(F)F)nc4)C1)C3)CCCC2. The highest BCUT2D eigenvalue weighted by atomic mass is 19.4. The van der Waals surface area contributed by atoms with Crippen molar-refractivity contribution in [2.75, 3.05) is 18.0 Å². The molecule has 0 aromatic carbocycles.